The molecule has 4 N–H and O–H groups in total. The highest BCUT2D eigenvalue weighted by Crippen LogP contribution is 2.44. The van der Waals surface area contributed by atoms with E-state index in [9.17, 15) is 0 Å². The molecule has 0 spiro atoms. The van der Waals surface area contributed by atoms with E-state index in [2.05, 4.69) is 34.6 Å². The van der Waals surface area contributed by atoms with Gasteiger partial charge in [0.25, 0.3) is 0 Å². The first-order valence-electron chi connectivity index (χ1n) is 11.0. The Balaban J connectivity index is 1.48. The number of fused-ring (bicyclic) bond motifs is 3. The van der Waals surface area contributed by atoms with Crippen molar-refractivity contribution in [3.8, 4) is 5.75 Å². The lowest BCUT2D eigenvalue weighted by atomic mass is 9.71. The number of H-pyrrole nitrogens is 1. The molecule has 0 radical (unpaired) electrons. The highest BCUT2D eigenvalue weighted by Gasteiger charge is 2.37. The minimum absolute atomic E-state index is 0.0617. The number of nitrogens with one attached hydrogen (secondary N) is 2. The zero-order valence-corrected chi connectivity index (χ0v) is 18.2. The maximum Gasteiger partial charge on any atom is 0.118 e. The molecule has 5 heteroatoms. The largest absolute Gasteiger partial charge is 0.497 e. The number of methoxy groups -OCH3 is 1. The summed E-state index contributed by atoms with van der Waals surface area (Å²) in [7, 11) is 1.70. The molecule has 0 bridgehead atoms. The van der Waals surface area contributed by atoms with E-state index in [0.717, 1.165) is 48.1 Å². The van der Waals surface area contributed by atoms with Gasteiger partial charge < -0.3 is 20.8 Å². The number of benzene rings is 2. The normalized spacial score (nSPS) is 23.5. The fourth-order valence-corrected chi connectivity index (χ4v) is 5.24. The lowest BCUT2D eigenvalue weighted by molar-refractivity contribution is 0.390. The maximum atomic E-state index is 6.98. The molecule has 5 rings (SSSR count). The predicted molar refractivity (Wildman–Crippen MR) is 124 cm³/mol. The molecule has 0 amide bonds. The molecule has 0 unspecified atom stereocenters. The van der Waals surface area contributed by atoms with Crippen LogP contribution in [0.4, 0.5) is 0 Å². The van der Waals surface area contributed by atoms with E-state index in [1.54, 1.807) is 7.11 Å². The van der Waals surface area contributed by atoms with Crippen LogP contribution >= 0.6 is 11.6 Å². The molecule has 1 heterocycles. The molecule has 1 aromatic heterocycles. The van der Waals surface area contributed by atoms with Crippen LogP contribution in [-0.2, 0) is 6.42 Å². The first kappa shape index (κ1) is 19.9. The van der Waals surface area contributed by atoms with Crippen molar-refractivity contribution in [2.45, 2.75) is 43.6 Å². The smallest absolute Gasteiger partial charge is 0.118 e. The summed E-state index contributed by atoms with van der Waals surface area (Å²) in [6.45, 7) is 2.13. The number of aromatic nitrogens is 1. The minimum Gasteiger partial charge on any atom is -0.497 e. The van der Waals surface area contributed by atoms with Gasteiger partial charge in [0.1, 0.15) is 5.75 Å². The van der Waals surface area contributed by atoms with Gasteiger partial charge in [-0.2, -0.15) is 0 Å². The van der Waals surface area contributed by atoms with Crippen molar-refractivity contribution in [1.82, 2.24) is 10.3 Å². The van der Waals surface area contributed by atoms with Crippen LogP contribution in [0.2, 0.25) is 5.02 Å². The quantitative estimate of drug-likeness (QED) is 0.470. The molecule has 1 fully saturated rings. The van der Waals surface area contributed by atoms with Gasteiger partial charge in [-0.25, -0.2) is 0 Å². The Morgan fingerprint density at radius 1 is 1.17 bits per heavy atom. The van der Waals surface area contributed by atoms with Crippen molar-refractivity contribution in [1.29, 1.82) is 0 Å². The summed E-state index contributed by atoms with van der Waals surface area (Å²) in [4.78, 5) is 3.68. The molecule has 2 aliphatic rings. The van der Waals surface area contributed by atoms with E-state index in [4.69, 9.17) is 22.1 Å². The number of hydrogen-bond donors (Lipinski definition) is 3. The summed E-state index contributed by atoms with van der Waals surface area (Å²) in [6, 6.07) is 14.6. The van der Waals surface area contributed by atoms with Crippen LogP contribution < -0.4 is 15.8 Å². The minimum atomic E-state index is 0.0617. The van der Waals surface area contributed by atoms with Crippen LogP contribution in [-0.4, -0.2) is 31.2 Å². The van der Waals surface area contributed by atoms with Crippen molar-refractivity contribution in [3.63, 3.8) is 0 Å². The summed E-state index contributed by atoms with van der Waals surface area (Å²) in [6.07, 6.45) is 4.70. The third kappa shape index (κ3) is 3.84. The average molecular weight is 424 g/mol. The number of nitrogens with two attached hydrogens (primary N) is 1. The van der Waals surface area contributed by atoms with Crippen molar-refractivity contribution >= 4 is 22.5 Å². The number of ether oxygens (including phenoxy) is 1. The van der Waals surface area contributed by atoms with Crippen LogP contribution in [0.15, 0.2) is 42.5 Å². The van der Waals surface area contributed by atoms with Crippen molar-refractivity contribution in [2.75, 3.05) is 20.2 Å². The summed E-state index contributed by atoms with van der Waals surface area (Å²) in [5, 5.41) is 5.67. The van der Waals surface area contributed by atoms with Gasteiger partial charge in [0, 0.05) is 39.5 Å². The maximum absolute atomic E-state index is 6.98. The Labute approximate surface area is 183 Å². The molecule has 3 atom stereocenters. The average Bonchev–Trinajstić information content (AvgIpc) is 3.52. The molecule has 1 saturated carbocycles. The third-order valence-corrected chi connectivity index (χ3v) is 7.15. The van der Waals surface area contributed by atoms with Crippen LogP contribution in [0.5, 0.6) is 5.75 Å². The van der Waals surface area contributed by atoms with Crippen LogP contribution in [0.3, 0.4) is 0 Å². The Morgan fingerprint density at radius 3 is 2.70 bits per heavy atom. The highest BCUT2D eigenvalue weighted by molar-refractivity contribution is 6.31. The van der Waals surface area contributed by atoms with E-state index in [1.165, 1.54) is 35.0 Å². The van der Waals surface area contributed by atoms with E-state index >= 15 is 0 Å². The predicted octanol–water partition coefficient (Wildman–Crippen LogP) is 4.97. The van der Waals surface area contributed by atoms with Gasteiger partial charge in [0.05, 0.1) is 7.11 Å². The molecule has 0 aliphatic heterocycles. The first-order valence-corrected chi connectivity index (χ1v) is 11.4. The Morgan fingerprint density at radius 2 is 1.97 bits per heavy atom. The number of rotatable bonds is 7. The van der Waals surface area contributed by atoms with E-state index in [-0.39, 0.29) is 12.0 Å². The lowest BCUT2D eigenvalue weighted by Gasteiger charge is -2.37. The molecule has 2 aliphatic carbocycles. The molecular formula is C25H30ClN3O. The molecule has 2 aromatic carbocycles. The summed E-state index contributed by atoms with van der Waals surface area (Å²) >= 11 is 6.35. The second-order valence-corrected chi connectivity index (χ2v) is 9.35. The van der Waals surface area contributed by atoms with Crippen molar-refractivity contribution < 1.29 is 4.74 Å². The molecule has 4 nitrogen and oxygen atoms in total. The van der Waals surface area contributed by atoms with Gasteiger partial charge in [-0.1, -0.05) is 23.7 Å². The van der Waals surface area contributed by atoms with Gasteiger partial charge >= 0.3 is 0 Å². The zero-order valence-electron chi connectivity index (χ0n) is 17.5. The number of aromatic amines is 1. The Bertz CT molecular complexity index is 1020. The summed E-state index contributed by atoms with van der Waals surface area (Å²) in [5.41, 5.74) is 12.1. The fraction of sp³-hybridized carbons (Fsp3) is 0.440. The summed E-state index contributed by atoms with van der Waals surface area (Å²) in [5.74, 6) is 2.34. The fourth-order valence-electron chi connectivity index (χ4n) is 5.07. The third-order valence-electron chi connectivity index (χ3n) is 6.91. The van der Waals surface area contributed by atoms with Gasteiger partial charge in [-0.3, -0.25) is 0 Å². The molecule has 0 saturated heterocycles. The second kappa shape index (κ2) is 8.26. The standard InChI is InChI=1S/C25H30ClN3O/c1-30-18-7-4-16(5-8-18)20-13-23-24(21-12-17(26)6-9-22(21)29-23)19(25(20)27)10-11-28-14-15-2-3-15/h4-9,12,15,19-20,25,28-29H,2-3,10-11,13-14,27H2,1H3/t19-,20-,25+/m1/s1. The van der Waals surface area contributed by atoms with Gasteiger partial charge in [-0.05, 0) is 86.1 Å². The van der Waals surface area contributed by atoms with Gasteiger partial charge in [-0.15, -0.1) is 0 Å². The molecular weight excluding hydrogens is 394 g/mol. The van der Waals surface area contributed by atoms with Gasteiger partial charge in [0.15, 0.2) is 0 Å². The highest BCUT2D eigenvalue weighted by atomic mass is 35.5. The molecule has 30 heavy (non-hydrogen) atoms. The Kier molecular flexibility index (Phi) is 5.48. The van der Waals surface area contributed by atoms with Crippen LogP contribution in [0, 0.1) is 5.92 Å². The van der Waals surface area contributed by atoms with E-state index < -0.39 is 0 Å². The lowest BCUT2D eigenvalue weighted by Crippen LogP contribution is -2.41. The first-order chi connectivity index (χ1) is 14.6. The SMILES string of the molecule is COc1ccc([C@H]2Cc3[nH]c4ccc(Cl)cc4c3[C@@H](CCNCC3CC3)[C@@H]2N)cc1. The second-order valence-electron chi connectivity index (χ2n) is 8.91. The monoisotopic (exact) mass is 423 g/mol. The van der Waals surface area contributed by atoms with E-state index in [0.29, 0.717) is 5.92 Å². The molecule has 158 valence electrons. The number of hydrogen-bond acceptors (Lipinski definition) is 3. The zero-order chi connectivity index (χ0) is 20.7. The molecule has 3 aromatic rings. The van der Waals surface area contributed by atoms with Gasteiger partial charge in [0.2, 0.25) is 0 Å². The Hall–Kier alpha value is -2.01. The topological polar surface area (TPSA) is 63.1 Å². The summed E-state index contributed by atoms with van der Waals surface area (Å²) < 4.78 is 5.34. The van der Waals surface area contributed by atoms with Crippen molar-refractivity contribution in [2.24, 2.45) is 11.7 Å². The van der Waals surface area contributed by atoms with Crippen LogP contribution in [0.25, 0.3) is 10.9 Å². The van der Waals surface area contributed by atoms with Crippen molar-refractivity contribution in [3.05, 3.63) is 64.3 Å². The number of halogens is 1. The van der Waals surface area contributed by atoms with E-state index in [1.807, 2.05) is 18.2 Å². The van der Waals surface area contributed by atoms with Crippen LogP contribution in [0.1, 0.15) is 47.9 Å².